The van der Waals surface area contributed by atoms with E-state index in [0.717, 1.165) is 32.1 Å². The number of fused-ring (bicyclic) bond motifs is 1. The lowest BCUT2D eigenvalue weighted by molar-refractivity contribution is 0.933. The van der Waals surface area contributed by atoms with E-state index in [1.165, 1.54) is 11.8 Å². The topological polar surface area (TPSA) is 75.7 Å². The Hall–Kier alpha value is -2.40. The summed E-state index contributed by atoms with van der Waals surface area (Å²) in [5, 5.41) is 10.4. The molecular formula is C16H14N4S. The van der Waals surface area contributed by atoms with Crippen LogP contribution in [0.5, 0.6) is 0 Å². The van der Waals surface area contributed by atoms with Gasteiger partial charge < -0.3 is 5.73 Å². The number of aryl methyl sites for hydroxylation is 1. The predicted molar refractivity (Wildman–Crippen MR) is 85.9 cm³/mol. The Morgan fingerprint density at radius 2 is 1.86 bits per heavy atom. The molecule has 0 aliphatic rings. The number of nitrogens with one attached hydrogen (secondary N) is 1. The Morgan fingerprint density at radius 3 is 2.57 bits per heavy atom. The van der Waals surface area contributed by atoms with Gasteiger partial charge in [0.2, 0.25) is 0 Å². The van der Waals surface area contributed by atoms with Crippen LogP contribution in [0.2, 0.25) is 0 Å². The third-order valence-corrected chi connectivity index (χ3v) is 4.10. The average Bonchev–Trinajstić information content (AvgIpc) is 2.47. The van der Waals surface area contributed by atoms with Crippen LogP contribution in [0, 0.1) is 12.3 Å². The molecule has 0 amide bonds. The lowest BCUT2D eigenvalue weighted by Gasteiger charge is -2.09. The van der Waals surface area contributed by atoms with E-state index in [1.807, 2.05) is 49.4 Å². The van der Waals surface area contributed by atoms with Crippen molar-refractivity contribution in [2.45, 2.75) is 17.0 Å². The molecule has 0 unspecified atom stereocenters. The number of hydrogen-bond donors (Lipinski definition) is 2. The van der Waals surface area contributed by atoms with Crippen molar-refractivity contribution in [3.63, 3.8) is 0 Å². The molecule has 0 saturated carbocycles. The highest BCUT2D eigenvalue weighted by Crippen LogP contribution is 2.33. The molecule has 3 rings (SSSR count). The van der Waals surface area contributed by atoms with Gasteiger partial charge in [-0.15, -0.1) is 0 Å². The van der Waals surface area contributed by atoms with Crippen LogP contribution < -0.4 is 5.73 Å². The summed E-state index contributed by atoms with van der Waals surface area (Å²) in [6.45, 7) is 1.95. The molecule has 0 bridgehead atoms. The van der Waals surface area contributed by atoms with Crippen molar-refractivity contribution in [1.82, 2.24) is 9.97 Å². The van der Waals surface area contributed by atoms with Gasteiger partial charge in [0, 0.05) is 22.3 Å². The molecule has 3 N–H and O–H groups in total. The van der Waals surface area contributed by atoms with Crippen molar-refractivity contribution in [3.8, 4) is 0 Å². The number of benzene rings is 2. The first-order chi connectivity index (χ1) is 10.1. The maximum atomic E-state index is 7.68. The van der Waals surface area contributed by atoms with Gasteiger partial charge >= 0.3 is 0 Å². The summed E-state index contributed by atoms with van der Waals surface area (Å²) >= 11 is 1.52. The van der Waals surface area contributed by atoms with Crippen LogP contribution in [-0.4, -0.2) is 15.8 Å². The Morgan fingerprint density at radius 1 is 1.10 bits per heavy atom. The molecule has 21 heavy (non-hydrogen) atoms. The summed E-state index contributed by atoms with van der Waals surface area (Å²) in [6.07, 6.45) is 1.76. The maximum absolute atomic E-state index is 7.68. The monoisotopic (exact) mass is 294 g/mol. The Bertz CT molecular complexity index is 829. The second-order valence-electron chi connectivity index (χ2n) is 4.65. The number of nitrogen functional groups attached to an aromatic ring is 1. The number of hydrogen-bond acceptors (Lipinski definition) is 4. The molecular weight excluding hydrogens is 280 g/mol. The minimum Gasteiger partial charge on any atom is -0.384 e. The summed E-state index contributed by atoms with van der Waals surface area (Å²) in [7, 11) is 0. The fourth-order valence-electron chi connectivity index (χ4n) is 2.17. The van der Waals surface area contributed by atoms with E-state index in [4.69, 9.17) is 11.1 Å². The van der Waals surface area contributed by atoms with E-state index >= 15 is 0 Å². The minimum absolute atomic E-state index is 0.0783. The standard InChI is InChI=1S/C16H14N4S/c1-10-8-9-19-16(20-10)21-14-7-6-13(15(17)18)11-4-2-3-5-12(11)14/h2-9H,1H3,(H3,17,18). The van der Waals surface area contributed by atoms with Crippen LogP contribution in [0.3, 0.4) is 0 Å². The van der Waals surface area contributed by atoms with Gasteiger partial charge in [-0.05, 0) is 47.7 Å². The summed E-state index contributed by atoms with van der Waals surface area (Å²) in [4.78, 5) is 9.76. The molecule has 0 spiro atoms. The van der Waals surface area contributed by atoms with Gasteiger partial charge in [-0.2, -0.15) is 0 Å². The highest BCUT2D eigenvalue weighted by atomic mass is 32.2. The number of rotatable bonds is 3. The molecule has 5 heteroatoms. The Labute approximate surface area is 126 Å². The number of nitrogens with two attached hydrogens (primary N) is 1. The lowest BCUT2D eigenvalue weighted by atomic mass is 10.0. The largest absolute Gasteiger partial charge is 0.384 e. The smallest absolute Gasteiger partial charge is 0.192 e. The van der Waals surface area contributed by atoms with E-state index < -0.39 is 0 Å². The molecule has 104 valence electrons. The van der Waals surface area contributed by atoms with E-state index in [2.05, 4.69) is 9.97 Å². The third kappa shape index (κ3) is 2.73. The maximum Gasteiger partial charge on any atom is 0.192 e. The zero-order valence-electron chi connectivity index (χ0n) is 11.5. The summed E-state index contributed by atoms with van der Waals surface area (Å²) < 4.78 is 0. The second kappa shape index (κ2) is 5.54. The molecule has 0 saturated heterocycles. The van der Waals surface area contributed by atoms with Gasteiger partial charge in [-0.1, -0.05) is 24.3 Å². The van der Waals surface area contributed by atoms with Crippen LogP contribution in [0.25, 0.3) is 10.8 Å². The van der Waals surface area contributed by atoms with Gasteiger partial charge in [0.25, 0.3) is 0 Å². The molecule has 4 nitrogen and oxygen atoms in total. The van der Waals surface area contributed by atoms with Gasteiger partial charge in [0.05, 0.1) is 0 Å². The van der Waals surface area contributed by atoms with Gasteiger partial charge in [-0.25, -0.2) is 9.97 Å². The van der Waals surface area contributed by atoms with Gasteiger partial charge in [0.1, 0.15) is 5.84 Å². The first-order valence-corrected chi connectivity index (χ1v) is 7.30. The Balaban J connectivity index is 2.12. The van der Waals surface area contributed by atoms with Crippen molar-refractivity contribution in [2.75, 3.05) is 0 Å². The molecule has 3 aromatic rings. The van der Waals surface area contributed by atoms with Crippen LogP contribution in [0.4, 0.5) is 0 Å². The third-order valence-electron chi connectivity index (χ3n) is 3.15. The average molecular weight is 294 g/mol. The van der Waals surface area contributed by atoms with Crippen molar-refractivity contribution in [3.05, 3.63) is 59.9 Å². The van der Waals surface area contributed by atoms with Crippen molar-refractivity contribution >= 4 is 28.4 Å². The van der Waals surface area contributed by atoms with Crippen LogP contribution >= 0.6 is 11.8 Å². The van der Waals surface area contributed by atoms with E-state index in [1.54, 1.807) is 6.20 Å². The van der Waals surface area contributed by atoms with Gasteiger partial charge in [-0.3, -0.25) is 5.41 Å². The van der Waals surface area contributed by atoms with Gasteiger partial charge in [0.15, 0.2) is 5.16 Å². The summed E-state index contributed by atoms with van der Waals surface area (Å²) in [5.41, 5.74) is 7.35. The normalized spacial score (nSPS) is 10.7. The first-order valence-electron chi connectivity index (χ1n) is 6.49. The fourth-order valence-corrected chi connectivity index (χ4v) is 3.09. The van der Waals surface area contributed by atoms with Crippen LogP contribution in [-0.2, 0) is 0 Å². The molecule has 2 aromatic carbocycles. The number of nitrogens with zero attached hydrogens (tertiary/aromatic N) is 2. The zero-order valence-corrected chi connectivity index (χ0v) is 12.3. The molecule has 1 heterocycles. The molecule has 0 aliphatic heterocycles. The molecule has 0 atom stereocenters. The predicted octanol–water partition coefficient (Wildman–Crippen LogP) is 3.37. The highest BCUT2D eigenvalue weighted by molar-refractivity contribution is 7.99. The molecule has 0 radical (unpaired) electrons. The van der Waals surface area contributed by atoms with Crippen molar-refractivity contribution < 1.29 is 0 Å². The minimum atomic E-state index is 0.0783. The fraction of sp³-hybridized carbons (Fsp3) is 0.0625. The quantitative estimate of drug-likeness (QED) is 0.441. The lowest BCUT2D eigenvalue weighted by Crippen LogP contribution is -2.11. The van der Waals surface area contributed by atoms with E-state index in [0.29, 0.717) is 0 Å². The molecule has 0 fully saturated rings. The van der Waals surface area contributed by atoms with Crippen molar-refractivity contribution in [1.29, 1.82) is 5.41 Å². The van der Waals surface area contributed by atoms with E-state index in [-0.39, 0.29) is 5.84 Å². The Kier molecular flexibility index (Phi) is 3.58. The van der Waals surface area contributed by atoms with Crippen LogP contribution in [0.1, 0.15) is 11.3 Å². The second-order valence-corrected chi connectivity index (χ2v) is 5.66. The SMILES string of the molecule is Cc1ccnc(Sc2ccc(C(=N)N)c3ccccc23)n1. The number of aromatic nitrogens is 2. The zero-order chi connectivity index (χ0) is 14.8. The summed E-state index contributed by atoms with van der Waals surface area (Å²) in [5.74, 6) is 0.0783. The molecule has 1 aromatic heterocycles. The summed E-state index contributed by atoms with van der Waals surface area (Å²) in [6, 6.07) is 13.7. The first kappa shape index (κ1) is 13.6. The van der Waals surface area contributed by atoms with Crippen LogP contribution in [0.15, 0.2) is 58.7 Å². The highest BCUT2D eigenvalue weighted by Gasteiger charge is 2.10. The van der Waals surface area contributed by atoms with E-state index in [9.17, 15) is 0 Å². The van der Waals surface area contributed by atoms with Crippen molar-refractivity contribution in [2.24, 2.45) is 5.73 Å². The molecule has 0 aliphatic carbocycles. The number of amidine groups is 1.